The van der Waals surface area contributed by atoms with Crippen molar-refractivity contribution in [1.82, 2.24) is 0 Å². The summed E-state index contributed by atoms with van der Waals surface area (Å²) in [6.07, 6.45) is 6.94. The van der Waals surface area contributed by atoms with E-state index >= 15 is 0 Å². The lowest BCUT2D eigenvalue weighted by Gasteiger charge is -2.05. The van der Waals surface area contributed by atoms with Gasteiger partial charge in [-0.2, -0.15) is 0 Å². The van der Waals surface area contributed by atoms with Crippen molar-refractivity contribution in [2.75, 3.05) is 6.61 Å². The van der Waals surface area contributed by atoms with Crippen LogP contribution in [0.25, 0.3) is 0 Å². The molecule has 2 heteroatoms. The van der Waals surface area contributed by atoms with Crippen LogP contribution in [-0.4, -0.2) is 11.7 Å². The molecule has 0 saturated heterocycles. The highest BCUT2D eigenvalue weighted by Crippen LogP contribution is 2.21. The SMILES string of the molecule is C=CC/C(CO)=C(/I)CCC=C(C)C. The van der Waals surface area contributed by atoms with Gasteiger partial charge in [0, 0.05) is 0 Å². The van der Waals surface area contributed by atoms with Crippen molar-refractivity contribution >= 4 is 22.6 Å². The first-order valence-electron chi connectivity index (χ1n) is 4.83. The van der Waals surface area contributed by atoms with E-state index in [0.29, 0.717) is 0 Å². The average Bonchev–Trinajstić information content (AvgIpc) is 2.13. The molecule has 0 aromatic heterocycles. The van der Waals surface area contributed by atoms with Crippen LogP contribution in [-0.2, 0) is 0 Å². The Morgan fingerprint density at radius 3 is 2.50 bits per heavy atom. The van der Waals surface area contributed by atoms with E-state index in [1.165, 1.54) is 9.15 Å². The molecule has 0 rings (SSSR count). The van der Waals surface area contributed by atoms with Crippen LogP contribution in [0.4, 0.5) is 0 Å². The summed E-state index contributed by atoms with van der Waals surface area (Å²) in [5, 5.41) is 9.11. The van der Waals surface area contributed by atoms with Gasteiger partial charge in [-0.25, -0.2) is 0 Å². The fourth-order valence-electron chi connectivity index (χ4n) is 1.10. The van der Waals surface area contributed by atoms with Gasteiger partial charge in [0.25, 0.3) is 0 Å². The molecule has 0 spiro atoms. The van der Waals surface area contributed by atoms with Crippen LogP contribution in [0.15, 0.2) is 33.5 Å². The van der Waals surface area contributed by atoms with Gasteiger partial charge in [-0.3, -0.25) is 0 Å². The van der Waals surface area contributed by atoms with Gasteiger partial charge < -0.3 is 5.11 Å². The minimum atomic E-state index is 0.152. The standard InChI is InChI=1S/C12H19IO/c1-4-6-11(9-14)12(13)8-5-7-10(2)3/h4,7,14H,1,5-6,8-9H2,2-3H3/b12-11-. The predicted octanol–water partition coefficient (Wildman–Crippen LogP) is 3.99. The van der Waals surface area contributed by atoms with Crippen molar-refractivity contribution in [3.05, 3.63) is 33.5 Å². The molecule has 1 nitrogen and oxygen atoms in total. The van der Waals surface area contributed by atoms with Gasteiger partial charge in [-0.1, -0.05) is 17.7 Å². The normalized spacial score (nSPS) is 12.0. The molecule has 0 heterocycles. The highest BCUT2D eigenvalue weighted by atomic mass is 127. The number of allylic oxidation sites excluding steroid dienone is 4. The molecule has 0 atom stereocenters. The van der Waals surface area contributed by atoms with E-state index in [2.05, 4.69) is 49.1 Å². The number of halogens is 1. The Kier molecular flexibility index (Phi) is 8.18. The molecule has 1 N–H and O–H groups in total. The molecule has 0 bridgehead atoms. The van der Waals surface area contributed by atoms with Gasteiger partial charge in [-0.15, -0.1) is 6.58 Å². The zero-order chi connectivity index (χ0) is 11.0. The molecule has 0 radical (unpaired) electrons. The Morgan fingerprint density at radius 1 is 1.43 bits per heavy atom. The van der Waals surface area contributed by atoms with E-state index in [1.54, 1.807) is 0 Å². The second-order valence-corrected chi connectivity index (χ2v) is 4.78. The van der Waals surface area contributed by atoms with E-state index in [4.69, 9.17) is 5.11 Å². The predicted molar refractivity (Wildman–Crippen MR) is 71.6 cm³/mol. The maximum atomic E-state index is 9.11. The third-order valence-corrected chi connectivity index (χ3v) is 3.18. The molecule has 0 aliphatic rings. The summed E-state index contributed by atoms with van der Waals surface area (Å²) >= 11 is 2.32. The number of aliphatic hydroxyl groups excluding tert-OH is 1. The molecule has 0 aromatic carbocycles. The summed E-state index contributed by atoms with van der Waals surface area (Å²) in [7, 11) is 0. The van der Waals surface area contributed by atoms with Crippen LogP contribution in [0.1, 0.15) is 33.1 Å². The molecule has 0 amide bonds. The number of hydrogen-bond acceptors (Lipinski definition) is 1. The molecule has 0 aliphatic heterocycles. The van der Waals surface area contributed by atoms with Crippen molar-refractivity contribution in [3.63, 3.8) is 0 Å². The van der Waals surface area contributed by atoms with Crippen LogP contribution in [0, 0.1) is 0 Å². The lowest BCUT2D eigenvalue weighted by Crippen LogP contribution is -1.92. The third-order valence-electron chi connectivity index (χ3n) is 1.88. The monoisotopic (exact) mass is 306 g/mol. The van der Waals surface area contributed by atoms with E-state index in [0.717, 1.165) is 24.8 Å². The van der Waals surface area contributed by atoms with E-state index in [-0.39, 0.29) is 6.61 Å². The van der Waals surface area contributed by atoms with Gasteiger partial charge in [0.2, 0.25) is 0 Å². The van der Waals surface area contributed by atoms with Gasteiger partial charge in [0.05, 0.1) is 6.61 Å². The summed E-state index contributed by atoms with van der Waals surface area (Å²) in [4.78, 5) is 0. The minimum absolute atomic E-state index is 0.152. The Balaban J connectivity index is 4.18. The van der Waals surface area contributed by atoms with E-state index < -0.39 is 0 Å². The second kappa shape index (κ2) is 8.24. The molecular weight excluding hydrogens is 287 g/mol. The van der Waals surface area contributed by atoms with Gasteiger partial charge >= 0.3 is 0 Å². The van der Waals surface area contributed by atoms with Crippen LogP contribution in [0.3, 0.4) is 0 Å². The first kappa shape index (κ1) is 13.9. The Bertz CT molecular complexity index is 235. The fraction of sp³-hybridized carbons (Fsp3) is 0.500. The van der Waals surface area contributed by atoms with E-state index in [1.807, 2.05) is 6.08 Å². The molecule has 0 unspecified atom stereocenters. The maximum absolute atomic E-state index is 9.11. The molecule has 0 fully saturated rings. The van der Waals surface area contributed by atoms with Crippen molar-refractivity contribution in [2.24, 2.45) is 0 Å². The molecule has 0 aliphatic carbocycles. The Morgan fingerprint density at radius 2 is 2.07 bits per heavy atom. The summed E-state index contributed by atoms with van der Waals surface area (Å²) in [5.41, 5.74) is 2.45. The number of aliphatic hydroxyl groups is 1. The number of rotatable bonds is 6. The van der Waals surface area contributed by atoms with Crippen LogP contribution in [0.5, 0.6) is 0 Å². The topological polar surface area (TPSA) is 20.2 Å². The summed E-state index contributed by atoms with van der Waals surface area (Å²) in [6.45, 7) is 8.04. The summed E-state index contributed by atoms with van der Waals surface area (Å²) in [6, 6.07) is 0. The lowest BCUT2D eigenvalue weighted by atomic mass is 10.1. The number of hydrogen-bond donors (Lipinski definition) is 1. The van der Waals surface area contributed by atoms with Gasteiger partial charge in [0.1, 0.15) is 0 Å². The molecule has 0 aromatic rings. The van der Waals surface area contributed by atoms with Crippen molar-refractivity contribution in [2.45, 2.75) is 33.1 Å². The van der Waals surface area contributed by atoms with Crippen LogP contribution >= 0.6 is 22.6 Å². The zero-order valence-electron chi connectivity index (χ0n) is 9.02. The van der Waals surface area contributed by atoms with Crippen molar-refractivity contribution < 1.29 is 5.11 Å². The molecule has 80 valence electrons. The van der Waals surface area contributed by atoms with E-state index in [9.17, 15) is 0 Å². The molecular formula is C12H19IO. The quantitative estimate of drug-likeness (QED) is 0.581. The summed E-state index contributed by atoms with van der Waals surface area (Å²) in [5.74, 6) is 0. The Labute approximate surface area is 101 Å². The van der Waals surface area contributed by atoms with Crippen molar-refractivity contribution in [3.8, 4) is 0 Å². The molecule has 0 saturated carbocycles. The Hall–Kier alpha value is -0.0900. The van der Waals surface area contributed by atoms with Crippen LogP contribution < -0.4 is 0 Å². The summed E-state index contributed by atoms with van der Waals surface area (Å²) < 4.78 is 1.27. The second-order valence-electron chi connectivity index (χ2n) is 3.48. The van der Waals surface area contributed by atoms with Crippen LogP contribution in [0.2, 0.25) is 0 Å². The highest BCUT2D eigenvalue weighted by molar-refractivity contribution is 14.1. The van der Waals surface area contributed by atoms with Crippen molar-refractivity contribution in [1.29, 1.82) is 0 Å². The minimum Gasteiger partial charge on any atom is -0.392 e. The highest BCUT2D eigenvalue weighted by Gasteiger charge is 2.00. The zero-order valence-corrected chi connectivity index (χ0v) is 11.2. The van der Waals surface area contributed by atoms with Gasteiger partial charge in [0.15, 0.2) is 0 Å². The maximum Gasteiger partial charge on any atom is 0.0654 e. The first-order valence-corrected chi connectivity index (χ1v) is 5.91. The fourth-order valence-corrected chi connectivity index (χ4v) is 1.80. The molecule has 14 heavy (non-hydrogen) atoms. The average molecular weight is 306 g/mol. The first-order chi connectivity index (χ1) is 6.61. The lowest BCUT2D eigenvalue weighted by molar-refractivity contribution is 0.328. The third kappa shape index (κ3) is 6.38. The van der Waals surface area contributed by atoms with Gasteiger partial charge in [-0.05, 0) is 64.9 Å². The smallest absolute Gasteiger partial charge is 0.0654 e. The largest absolute Gasteiger partial charge is 0.392 e.